The van der Waals surface area contributed by atoms with E-state index in [0.29, 0.717) is 0 Å². The first-order chi connectivity index (χ1) is 9.06. The number of hydrogen-bond acceptors (Lipinski definition) is 3. The molecule has 0 radical (unpaired) electrons. The zero-order chi connectivity index (χ0) is 13.8. The Kier molecular flexibility index (Phi) is 4.00. The van der Waals surface area contributed by atoms with E-state index in [4.69, 9.17) is 5.73 Å². The van der Waals surface area contributed by atoms with Crippen molar-refractivity contribution < 1.29 is 4.39 Å². The molecule has 0 aliphatic rings. The van der Waals surface area contributed by atoms with E-state index in [1.165, 1.54) is 6.07 Å². The molecular formula is C15H18FN3. The first kappa shape index (κ1) is 13.3. The van der Waals surface area contributed by atoms with E-state index < -0.39 is 0 Å². The minimum absolute atomic E-state index is 0.192. The summed E-state index contributed by atoms with van der Waals surface area (Å²) >= 11 is 0. The van der Waals surface area contributed by atoms with E-state index in [2.05, 4.69) is 10.3 Å². The van der Waals surface area contributed by atoms with Crippen LogP contribution in [0, 0.1) is 19.7 Å². The van der Waals surface area contributed by atoms with Crippen LogP contribution in [0.3, 0.4) is 0 Å². The Labute approximate surface area is 112 Å². The van der Waals surface area contributed by atoms with Gasteiger partial charge in [-0.3, -0.25) is 0 Å². The molecule has 3 N–H and O–H groups in total. The molecule has 0 saturated carbocycles. The SMILES string of the molecule is Cc1cnc(NCCc2ccc(F)cc2C)cc1N. The number of halogens is 1. The lowest BCUT2D eigenvalue weighted by atomic mass is 10.1. The summed E-state index contributed by atoms with van der Waals surface area (Å²) in [7, 11) is 0. The first-order valence-corrected chi connectivity index (χ1v) is 6.27. The van der Waals surface area contributed by atoms with Crippen molar-refractivity contribution in [2.24, 2.45) is 0 Å². The van der Waals surface area contributed by atoms with Crippen LogP contribution in [0.2, 0.25) is 0 Å². The summed E-state index contributed by atoms with van der Waals surface area (Å²) < 4.78 is 13.0. The van der Waals surface area contributed by atoms with Gasteiger partial charge in [0.25, 0.3) is 0 Å². The van der Waals surface area contributed by atoms with Gasteiger partial charge in [0.15, 0.2) is 0 Å². The van der Waals surface area contributed by atoms with Crippen LogP contribution in [0.15, 0.2) is 30.5 Å². The topological polar surface area (TPSA) is 50.9 Å². The molecule has 0 saturated heterocycles. The molecule has 0 amide bonds. The average molecular weight is 259 g/mol. The highest BCUT2D eigenvalue weighted by atomic mass is 19.1. The third kappa shape index (κ3) is 3.44. The largest absolute Gasteiger partial charge is 0.398 e. The third-order valence-electron chi connectivity index (χ3n) is 3.15. The van der Waals surface area contributed by atoms with E-state index in [0.717, 1.165) is 41.2 Å². The van der Waals surface area contributed by atoms with E-state index >= 15 is 0 Å². The van der Waals surface area contributed by atoms with Crippen LogP contribution >= 0.6 is 0 Å². The minimum Gasteiger partial charge on any atom is -0.398 e. The summed E-state index contributed by atoms with van der Waals surface area (Å²) in [4.78, 5) is 4.26. The van der Waals surface area contributed by atoms with Crippen molar-refractivity contribution >= 4 is 11.5 Å². The third-order valence-corrected chi connectivity index (χ3v) is 3.15. The van der Waals surface area contributed by atoms with Crippen molar-refractivity contribution in [3.63, 3.8) is 0 Å². The maximum Gasteiger partial charge on any atom is 0.127 e. The molecule has 2 aromatic rings. The fraction of sp³-hybridized carbons (Fsp3) is 0.267. The van der Waals surface area contributed by atoms with Crippen molar-refractivity contribution in [3.8, 4) is 0 Å². The molecule has 3 nitrogen and oxygen atoms in total. The van der Waals surface area contributed by atoms with Gasteiger partial charge in [-0.2, -0.15) is 0 Å². The Morgan fingerprint density at radius 2 is 2.00 bits per heavy atom. The molecule has 19 heavy (non-hydrogen) atoms. The quantitative estimate of drug-likeness (QED) is 0.887. The second-order valence-corrected chi connectivity index (χ2v) is 4.67. The summed E-state index contributed by atoms with van der Waals surface area (Å²) in [6.07, 6.45) is 2.57. The van der Waals surface area contributed by atoms with Crippen LogP contribution in [0.5, 0.6) is 0 Å². The van der Waals surface area contributed by atoms with Crippen LogP contribution in [-0.2, 0) is 6.42 Å². The second-order valence-electron chi connectivity index (χ2n) is 4.67. The number of hydrogen-bond donors (Lipinski definition) is 2. The van der Waals surface area contributed by atoms with E-state index in [9.17, 15) is 4.39 Å². The van der Waals surface area contributed by atoms with Crippen LogP contribution < -0.4 is 11.1 Å². The Morgan fingerprint density at radius 1 is 1.21 bits per heavy atom. The molecular weight excluding hydrogens is 241 g/mol. The van der Waals surface area contributed by atoms with Gasteiger partial charge in [0.05, 0.1) is 0 Å². The fourth-order valence-corrected chi connectivity index (χ4v) is 1.90. The van der Waals surface area contributed by atoms with Crippen LogP contribution in [0.4, 0.5) is 15.9 Å². The zero-order valence-corrected chi connectivity index (χ0v) is 11.2. The maximum absolute atomic E-state index is 13.0. The van der Waals surface area contributed by atoms with E-state index in [1.54, 1.807) is 12.3 Å². The predicted octanol–water partition coefficient (Wildman–Crippen LogP) is 3.07. The van der Waals surface area contributed by atoms with Crippen LogP contribution in [0.1, 0.15) is 16.7 Å². The highest BCUT2D eigenvalue weighted by Gasteiger charge is 2.01. The molecule has 0 bridgehead atoms. The monoisotopic (exact) mass is 259 g/mol. The van der Waals surface area contributed by atoms with Crippen LogP contribution in [0.25, 0.3) is 0 Å². The van der Waals surface area contributed by atoms with Crippen molar-refractivity contribution in [1.29, 1.82) is 0 Å². The lowest BCUT2D eigenvalue weighted by Crippen LogP contribution is -2.08. The molecule has 0 aliphatic carbocycles. The minimum atomic E-state index is -0.192. The van der Waals surface area contributed by atoms with Crippen molar-refractivity contribution in [2.75, 3.05) is 17.6 Å². The van der Waals surface area contributed by atoms with Gasteiger partial charge in [-0.1, -0.05) is 6.07 Å². The number of nitrogens with zero attached hydrogens (tertiary/aromatic N) is 1. The lowest BCUT2D eigenvalue weighted by Gasteiger charge is -2.09. The summed E-state index contributed by atoms with van der Waals surface area (Å²) in [6, 6.07) is 6.69. The van der Waals surface area contributed by atoms with Gasteiger partial charge in [-0.05, 0) is 49.1 Å². The highest BCUT2D eigenvalue weighted by molar-refractivity contribution is 5.53. The van der Waals surface area contributed by atoms with Gasteiger partial charge < -0.3 is 11.1 Å². The van der Waals surface area contributed by atoms with Crippen molar-refractivity contribution in [3.05, 3.63) is 53.0 Å². The molecule has 4 heteroatoms. The number of anilines is 2. The maximum atomic E-state index is 13.0. The number of aryl methyl sites for hydroxylation is 2. The summed E-state index contributed by atoms with van der Waals surface area (Å²) in [6.45, 7) is 4.58. The number of nitrogens with one attached hydrogen (secondary N) is 1. The van der Waals surface area contributed by atoms with E-state index in [-0.39, 0.29) is 5.82 Å². The Morgan fingerprint density at radius 3 is 2.68 bits per heavy atom. The van der Waals surface area contributed by atoms with Crippen molar-refractivity contribution in [1.82, 2.24) is 4.98 Å². The molecule has 1 aromatic heterocycles. The van der Waals surface area contributed by atoms with Gasteiger partial charge in [0.1, 0.15) is 11.6 Å². The Hall–Kier alpha value is -2.10. The number of rotatable bonds is 4. The normalized spacial score (nSPS) is 10.5. The fourth-order valence-electron chi connectivity index (χ4n) is 1.90. The summed E-state index contributed by atoms with van der Waals surface area (Å²) in [5.74, 6) is 0.574. The molecule has 0 spiro atoms. The number of nitrogens with two attached hydrogens (primary N) is 1. The zero-order valence-electron chi connectivity index (χ0n) is 11.2. The molecule has 1 aromatic carbocycles. The van der Waals surface area contributed by atoms with Gasteiger partial charge in [0.2, 0.25) is 0 Å². The van der Waals surface area contributed by atoms with Gasteiger partial charge in [-0.25, -0.2) is 9.37 Å². The number of nitrogen functional groups attached to an aromatic ring is 1. The Balaban J connectivity index is 1.94. The molecule has 0 aliphatic heterocycles. The summed E-state index contributed by atoms with van der Waals surface area (Å²) in [5.41, 5.74) is 9.63. The highest BCUT2D eigenvalue weighted by Crippen LogP contribution is 2.14. The standard InChI is InChI=1S/C15H18FN3/c1-10-7-13(16)4-3-12(10)5-6-18-15-8-14(17)11(2)9-19-15/h3-4,7-9H,5-6H2,1-2H3,(H3,17,18,19). The smallest absolute Gasteiger partial charge is 0.127 e. The number of aromatic nitrogens is 1. The van der Waals surface area contributed by atoms with Gasteiger partial charge >= 0.3 is 0 Å². The molecule has 100 valence electrons. The van der Waals surface area contributed by atoms with Crippen LogP contribution in [-0.4, -0.2) is 11.5 Å². The van der Waals surface area contributed by atoms with Gasteiger partial charge in [-0.15, -0.1) is 0 Å². The lowest BCUT2D eigenvalue weighted by molar-refractivity contribution is 0.625. The molecule has 0 fully saturated rings. The first-order valence-electron chi connectivity index (χ1n) is 6.27. The molecule has 0 atom stereocenters. The second kappa shape index (κ2) is 5.69. The average Bonchev–Trinajstić information content (AvgIpc) is 2.36. The van der Waals surface area contributed by atoms with E-state index in [1.807, 2.05) is 26.0 Å². The number of benzene rings is 1. The van der Waals surface area contributed by atoms with Gasteiger partial charge in [0, 0.05) is 24.5 Å². The Bertz CT molecular complexity index is 582. The molecule has 2 rings (SSSR count). The summed E-state index contributed by atoms with van der Waals surface area (Å²) in [5, 5.41) is 3.22. The molecule has 1 heterocycles. The molecule has 0 unspecified atom stereocenters. The predicted molar refractivity (Wildman–Crippen MR) is 76.7 cm³/mol. The number of pyridine rings is 1. The van der Waals surface area contributed by atoms with Crippen molar-refractivity contribution in [2.45, 2.75) is 20.3 Å².